The summed E-state index contributed by atoms with van der Waals surface area (Å²) in [5, 5.41) is 3.19. The fraction of sp³-hybridized carbons (Fsp3) is 0.333. The van der Waals surface area contributed by atoms with Crippen molar-refractivity contribution in [3.63, 3.8) is 0 Å². The molecule has 0 saturated heterocycles. The zero-order valence-corrected chi connectivity index (χ0v) is 11.8. The molecule has 96 valence electrons. The van der Waals surface area contributed by atoms with Crippen LogP contribution in [0.4, 0.5) is 0 Å². The predicted octanol–water partition coefficient (Wildman–Crippen LogP) is 3.10. The third kappa shape index (κ3) is 3.95. The summed E-state index contributed by atoms with van der Waals surface area (Å²) in [6.07, 6.45) is 0. The number of rotatable bonds is 6. The van der Waals surface area contributed by atoms with E-state index in [9.17, 15) is 0 Å². The van der Waals surface area contributed by atoms with Gasteiger partial charge in [-0.1, -0.05) is 30.3 Å². The van der Waals surface area contributed by atoms with Crippen molar-refractivity contribution in [2.24, 2.45) is 0 Å². The van der Waals surface area contributed by atoms with Gasteiger partial charge in [-0.2, -0.15) is 0 Å². The quantitative estimate of drug-likeness (QED) is 0.858. The van der Waals surface area contributed by atoms with Crippen molar-refractivity contribution in [3.8, 4) is 0 Å². The molecule has 0 aliphatic heterocycles. The molecule has 1 heterocycles. The first-order chi connectivity index (χ1) is 8.78. The highest BCUT2D eigenvalue weighted by Crippen LogP contribution is 2.18. The minimum absolute atomic E-state index is 0.965. The van der Waals surface area contributed by atoms with Gasteiger partial charge in [0, 0.05) is 29.4 Å². The lowest BCUT2D eigenvalue weighted by Crippen LogP contribution is -2.16. The summed E-state index contributed by atoms with van der Waals surface area (Å²) in [4.78, 5) is 5.18. The number of hydrogen-bond donors (Lipinski definition) is 1. The van der Waals surface area contributed by atoms with Crippen LogP contribution in [0.15, 0.2) is 42.5 Å². The van der Waals surface area contributed by atoms with E-state index in [4.69, 9.17) is 0 Å². The summed E-state index contributed by atoms with van der Waals surface area (Å²) < 4.78 is 0. The van der Waals surface area contributed by atoms with E-state index >= 15 is 0 Å². The molecule has 0 aliphatic rings. The Hall–Kier alpha value is -1.16. The molecule has 0 saturated carbocycles. The number of thiophene rings is 1. The lowest BCUT2D eigenvalue weighted by atomic mass is 10.2. The summed E-state index contributed by atoms with van der Waals surface area (Å²) in [7, 11) is 4.16. The number of nitrogens with one attached hydrogen (secondary N) is 1. The smallest absolute Gasteiger partial charge is 0.0328 e. The summed E-state index contributed by atoms with van der Waals surface area (Å²) in [5.74, 6) is 0. The molecular formula is C15H20N2S. The van der Waals surface area contributed by atoms with Gasteiger partial charge in [0.15, 0.2) is 0 Å². The monoisotopic (exact) mass is 260 g/mol. The molecule has 2 nitrogen and oxygen atoms in total. The molecule has 1 N–H and O–H groups in total. The zero-order valence-electron chi connectivity index (χ0n) is 11.0. The molecule has 0 aliphatic carbocycles. The van der Waals surface area contributed by atoms with Gasteiger partial charge in [0.25, 0.3) is 0 Å². The Morgan fingerprint density at radius 1 is 1.00 bits per heavy atom. The first-order valence-electron chi connectivity index (χ1n) is 6.22. The highest BCUT2D eigenvalue weighted by Gasteiger charge is 2.04. The Kier molecular flexibility index (Phi) is 4.93. The van der Waals surface area contributed by atoms with Crippen LogP contribution in [0.5, 0.6) is 0 Å². The lowest BCUT2D eigenvalue weighted by molar-refractivity contribution is 0.322. The molecule has 1 aromatic heterocycles. The van der Waals surface area contributed by atoms with Crippen LogP contribution < -0.4 is 5.32 Å². The molecule has 0 spiro atoms. The molecule has 3 heteroatoms. The summed E-state index contributed by atoms with van der Waals surface area (Å²) in [6.45, 7) is 2.98. The van der Waals surface area contributed by atoms with E-state index in [1.807, 2.05) is 18.4 Å². The van der Waals surface area contributed by atoms with Crippen molar-refractivity contribution in [1.29, 1.82) is 0 Å². The Balaban J connectivity index is 1.88. The largest absolute Gasteiger partial charge is 0.315 e. The Morgan fingerprint density at radius 3 is 2.44 bits per heavy atom. The second-order valence-corrected chi connectivity index (χ2v) is 5.81. The summed E-state index contributed by atoms with van der Waals surface area (Å²) in [6, 6.07) is 15.1. The van der Waals surface area contributed by atoms with Gasteiger partial charge in [-0.3, -0.25) is 4.90 Å². The van der Waals surface area contributed by atoms with Gasteiger partial charge in [-0.25, -0.2) is 0 Å². The molecule has 2 aromatic rings. The van der Waals surface area contributed by atoms with E-state index in [2.05, 4.69) is 59.7 Å². The van der Waals surface area contributed by atoms with Gasteiger partial charge < -0.3 is 5.32 Å². The molecule has 18 heavy (non-hydrogen) atoms. The zero-order chi connectivity index (χ0) is 12.8. The van der Waals surface area contributed by atoms with Crippen LogP contribution in [-0.4, -0.2) is 19.0 Å². The fourth-order valence-electron chi connectivity index (χ4n) is 1.99. The van der Waals surface area contributed by atoms with Gasteiger partial charge in [-0.15, -0.1) is 11.3 Å². The lowest BCUT2D eigenvalue weighted by Gasteiger charge is -2.15. The molecule has 0 fully saturated rings. The van der Waals surface area contributed by atoms with Crippen LogP contribution in [-0.2, 0) is 19.6 Å². The number of benzene rings is 1. The molecule has 0 radical (unpaired) electrons. The molecule has 2 rings (SSSR count). The normalized spacial score (nSPS) is 11.1. The van der Waals surface area contributed by atoms with E-state index in [-0.39, 0.29) is 0 Å². The van der Waals surface area contributed by atoms with Crippen molar-refractivity contribution in [2.75, 3.05) is 14.1 Å². The standard InChI is InChI=1S/C15H20N2S/c1-16-10-14-8-9-15(18-14)12-17(2)11-13-6-4-3-5-7-13/h3-9,16H,10-12H2,1-2H3. The van der Waals surface area contributed by atoms with Crippen LogP contribution in [0.25, 0.3) is 0 Å². The first-order valence-corrected chi connectivity index (χ1v) is 7.04. The van der Waals surface area contributed by atoms with Gasteiger partial charge in [-0.05, 0) is 31.8 Å². The minimum Gasteiger partial charge on any atom is -0.315 e. The van der Waals surface area contributed by atoms with Crippen molar-refractivity contribution in [1.82, 2.24) is 10.2 Å². The van der Waals surface area contributed by atoms with E-state index in [1.54, 1.807) is 0 Å². The van der Waals surface area contributed by atoms with Crippen LogP contribution in [0.3, 0.4) is 0 Å². The van der Waals surface area contributed by atoms with E-state index in [0.29, 0.717) is 0 Å². The third-order valence-corrected chi connectivity index (χ3v) is 3.86. The highest BCUT2D eigenvalue weighted by atomic mass is 32.1. The molecule has 0 bridgehead atoms. The van der Waals surface area contributed by atoms with Crippen LogP contribution in [0, 0.1) is 0 Å². The molecular weight excluding hydrogens is 240 g/mol. The van der Waals surface area contributed by atoms with Crippen molar-refractivity contribution in [3.05, 3.63) is 57.8 Å². The molecule has 0 amide bonds. The average Bonchev–Trinajstić information content (AvgIpc) is 2.78. The van der Waals surface area contributed by atoms with E-state index in [1.165, 1.54) is 15.3 Å². The van der Waals surface area contributed by atoms with Gasteiger partial charge in [0.1, 0.15) is 0 Å². The maximum absolute atomic E-state index is 3.19. The van der Waals surface area contributed by atoms with Gasteiger partial charge in [0.2, 0.25) is 0 Å². The topological polar surface area (TPSA) is 15.3 Å². The van der Waals surface area contributed by atoms with Crippen LogP contribution in [0.2, 0.25) is 0 Å². The maximum Gasteiger partial charge on any atom is 0.0328 e. The second kappa shape index (κ2) is 6.69. The van der Waals surface area contributed by atoms with Crippen LogP contribution >= 0.6 is 11.3 Å². The molecule has 0 unspecified atom stereocenters. The third-order valence-electron chi connectivity index (χ3n) is 2.79. The van der Waals surface area contributed by atoms with Crippen molar-refractivity contribution in [2.45, 2.75) is 19.6 Å². The van der Waals surface area contributed by atoms with Gasteiger partial charge >= 0.3 is 0 Å². The number of nitrogens with zero attached hydrogens (tertiary/aromatic N) is 1. The molecule has 1 aromatic carbocycles. The maximum atomic E-state index is 3.19. The van der Waals surface area contributed by atoms with E-state index < -0.39 is 0 Å². The number of hydrogen-bond acceptors (Lipinski definition) is 3. The van der Waals surface area contributed by atoms with Crippen molar-refractivity contribution >= 4 is 11.3 Å². The highest BCUT2D eigenvalue weighted by molar-refractivity contribution is 7.11. The Morgan fingerprint density at radius 2 is 1.72 bits per heavy atom. The van der Waals surface area contributed by atoms with E-state index in [0.717, 1.165) is 19.6 Å². The average molecular weight is 260 g/mol. The Labute approximate surface area is 113 Å². The van der Waals surface area contributed by atoms with Gasteiger partial charge in [0.05, 0.1) is 0 Å². The second-order valence-electron chi connectivity index (χ2n) is 4.56. The predicted molar refractivity (Wildman–Crippen MR) is 78.7 cm³/mol. The summed E-state index contributed by atoms with van der Waals surface area (Å²) >= 11 is 1.89. The Bertz CT molecular complexity index is 464. The summed E-state index contributed by atoms with van der Waals surface area (Å²) in [5.41, 5.74) is 1.37. The first kappa shape index (κ1) is 13.3. The fourth-order valence-corrected chi connectivity index (χ4v) is 3.10. The van der Waals surface area contributed by atoms with Crippen LogP contribution in [0.1, 0.15) is 15.3 Å². The van der Waals surface area contributed by atoms with Crippen molar-refractivity contribution < 1.29 is 0 Å². The minimum atomic E-state index is 0.965. The SMILES string of the molecule is CNCc1ccc(CN(C)Cc2ccccc2)s1. The molecule has 0 atom stereocenters.